The van der Waals surface area contributed by atoms with Crippen molar-refractivity contribution in [2.75, 3.05) is 32.9 Å². The monoisotopic (exact) mass is 248 g/mol. The predicted octanol–water partition coefficient (Wildman–Crippen LogP) is 1.21. The van der Waals surface area contributed by atoms with E-state index in [1.165, 1.54) is 0 Å². The third-order valence-electron chi connectivity index (χ3n) is 2.29. The summed E-state index contributed by atoms with van der Waals surface area (Å²) in [5.41, 5.74) is 10.8. The Labute approximate surface area is 105 Å². The highest BCUT2D eigenvalue weighted by Crippen LogP contribution is 2.16. The molecule has 0 fully saturated rings. The highest BCUT2D eigenvalue weighted by molar-refractivity contribution is 4.51. The van der Waals surface area contributed by atoms with Gasteiger partial charge in [0.25, 0.3) is 5.97 Å². The fraction of sp³-hybridized carbons (Fsp3) is 1.00. The molecule has 104 valence electrons. The molecule has 0 aliphatic heterocycles. The molecule has 0 atom stereocenters. The molecule has 0 aromatic heterocycles. The minimum atomic E-state index is -0.959. The van der Waals surface area contributed by atoms with Crippen molar-refractivity contribution in [2.45, 2.75) is 45.5 Å². The number of unbranched alkanes of at least 4 members (excludes halogenated alkanes) is 1. The summed E-state index contributed by atoms with van der Waals surface area (Å²) < 4.78 is 16.8. The van der Waals surface area contributed by atoms with Gasteiger partial charge >= 0.3 is 0 Å². The molecule has 0 aliphatic carbocycles. The SMILES string of the molecule is CCCCOC(C)(OCCCN)OCCCN. The average Bonchev–Trinajstić information content (AvgIpc) is 2.30. The maximum absolute atomic E-state index is 5.64. The van der Waals surface area contributed by atoms with Crippen LogP contribution in [0.2, 0.25) is 0 Å². The topological polar surface area (TPSA) is 79.7 Å². The first-order valence-corrected chi connectivity index (χ1v) is 6.50. The van der Waals surface area contributed by atoms with Crippen molar-refractivity contribution >= 4 is 0 Å². The first-order chi connectivity index (χ1) is 8.18. The Balaban J connectivity index is 3.95. The van der Waals surface area contributed by atoms with Crippen LogP contribution in [0.25, 0.3) is 0 Å². The van der Waals surface area contributed by atoms with Crippen LogP contribution in [0, 0.1) is 0 Å². The minimum Gasteiger partial charge on any atom is -0.330 e. The molecule has 0 amide bonds. The van der Waals surface area contributed by atoms with Gasteiger partial charge in [-0.2, -0.15) is 0 Å². The average molecular weight is 248 g/mol. The Kier molecular flexibility index (Phi) is 10.8. The molecule has 0 heterocycles. The first-order valence-electron chi connectivity index (χ1n) is 6.50. The maximum atomic E-state index is 5.64. The van der Waals surface area contributed by atoms with Crippen molar-refractivity contribution < 1.29 is 14.2 Å². The van der Waals surface area contributed by atoms with E-state index in [0.717, 1.165) is 25.7 Å². The van der Waals surface area contributed by atoms with Gasteiger partial charge in [0, 0.05) is 6.92 Å². The second kappa shape index (κ2) is 10.9. The zero-order valence-corrected chi connectivity index (χ0v) is 11.2. The lowest BCUT2D eigenvalue weighted by molar-refractivity contribution is -0.370. The van der Waals surface area contributed by atoms with Gasteiger partial charge in [-0.3, -0.25) is 0 Å². The lowest BCUT2D eigenvalue weighted by Gasteiger charge is -2.29. The Morgan fingerprint density at radius 3 is 1.59 bits per heavy atom. The van der Waals surface area contributed by atoms with Crippen molar-refractivity contribution in [3.63, 3.8) is 0 Å². The van der Waals surface area contributed by atoms with Crippen LogP contribution in [0.4, 0.5) is 0 Å². The summed E-state index contributed by atoms with van der Waals surface area (Å²) in [4.78, 5) is 0. The predicted molar refractivity (Wildman–Crippen MR) is 68.5 cm³/mol. The maximum Gasteiger partial charge on any atom is 0.279 e. The summed E-state index contributed by atoms with van der Waals surface area (Å²) in [6.07, 6.45) is 3.68. The lowest BCUT2D eigenvalue weighted by Crippen LogP contribution is -2.37. The minimum absolute atomic E-state index is 0.543. The van der Waals surface area contributed by atoms with Gasteiger partial charge in [-0.1, -0.05) is 13.3 Å². The Morgan fingerprint density at radius 2 is 1.24 bits per heavy atom. The summed E-state index contributed by atoms with van der Waals surface area (Å²) in [5.74, 6) is -0.959. The third-order valence-corrected chi connectivity index (χ3v) is 2.29. The van der Waals surface area contributed by atoms with Crippen LogP contribution in [0.1, 0.15) is 39.5 Å². The van der Waals surface area contributed by atoms with E-state index in [4.69, 9.17) is 25.7 Å². The smallest absolute Gasteiger partial charge is 0.279 e. The van der Waals surface area contributed by atoms with E-state index in [1.54, 1.807) is 6.92 Å². The van der Waals surface area contributed by atoms with E-state index < -0.39 is 5.97 Å². The number of hydrogen-bond donors (Lipinski definition) is 2. The highest BCUT2D eigenvalue weighted by atomic mass is 16.9. The van der Waals surface area contributed by atoms with Crippen LogP contribution in [0.5, 0.6) is 0 Å². The zero-order valence-electron chi connectivity index (χ0n) is 11.2. The summed E-state index contributed by atoms with van der Waals surface area (Å²) >= 11 is 0. The number of rotatable bonds is 12. The molecule has 0 aromatic carbocycles. The Bertz CT molecular complexity index is 141. The quantitative estimate of drug-likeness (QED) is 0.401. The molecule has 0 saturated heterocycles. The normalized spacial score (nSPS) is 12.0. The molecule has 0 aliphatic rings. The summed E-state index contributed by atoms with van der Waals surface area (Å²) in [6, 6.07) is 0. The summed E-state index contributed by atoms with van der Waals surface area (Å²) in [6.45, 7) is 6.85. The van der Waals surface area contributed by atoms with Crippen molar-refractivity contribution in [2.24, 2.45) is 11.5 Å². The molecule has 0 unspecified atom stereocenters. The highest BCUT2D eigenvalue weighted by Gasteiger charge is 2.26. The molecule has 0 radical (unpaired) electrons. The van der Waals surface area contributed by atoms with Crippen LogP contribution in [0.15, 0.2) is 0 Å². The van der Waals surface area contributed by atoms with Gasteiger partial charge in [0.1, 0.15) is 0 Å². The van der Waals surface area contributed by atoms with E-state index >= 15 is 0 Å². The fourth-order valence-corrected chi connectivity index (χ4v) is 1.21. The van der Waals surface area contributed by atoms with Crippen LogP contribution in [-0.2, 0) is 14.2 Å². The van der Waals surface area contributed by atoms with Crippen LogP contribution >= 0.6 is 0 Å². The molecular formula is C12H28N2O3. The second-order valence-corrected chi connectivity index (χ2v) is 4.05. The van der Waals surface area contributed by atoms with E-state index in [1.807, 2.05) is 0 Å². The Hall–Kier alpha value is -0.200. The number of hydrogen-bond acceptors (Lipinski definition) is 5. The van der Waals surface area contributed by atoms with Crippen LogP contribution < -0.4 is 11.5 Å². The van der Waals surface area contributed by atoms with E-state index in [0.29, 0.717) is 32.9 Å². The van der Waals surface area contributed by atoms with Gasteiger partial charge in [-0.25, -0.2) is 0 Å². The molecule has 0 spiro atoms. The van der Waals surface area contributed by atoms with E-state index in [2.05, 4.69) is 6.92 Å². The third kappa shape index (κ3) is 9.50. The van der Waals surface area contributed by atoms with Crippen LogP contribution in [0.3, 0.4) is 0 Å². The molecule has 4 N–H and O–H groups in total. The molecule has 0 aromatic rings. The first kappa shape index (κ1) is 16.8. The molecule has 17 heavy (non-hydrogen) atoms. The summed E-state index contributed by atoms with van der Waals surface area (Å²) in [5, 5.41) is 0. The molecule has 5 nitrogen and oxygen atoms in total. The van der Waals surface area contributed by atoms with Crippen molar-refractivity contribution in [3.05, 3.63) is 0 Å². The van der Waals surface area contributed by atoms with Gasteiger partial charge in [-0.05, 0) is 32.4 Å². The largest absolute Gasteiger partial charge is 0.330 e. The molecule has 0 rings (SSSR count). The fourth-order valence-electron chi connectivity index (χ4n) is 1.21. The second-order valence-electron chi connectivity index (χ2n) is 4.05. The van der Waals surface area contributed by atoms with Gasteiger partial charge in [-0.15, -0.1) is 0 Å². The van der Waals surface area contributed by atoms with Gasteiger partial charge in [0.05, 0.1) is 19.8 Å². The van der Waals surface area contributed by atoms with Crippen LogP contribution in [-0.4, -0.2) is 38.9 Å². The van der Waals surface area contributed by atoms with Gasteiger partial charge in [0.15, 0.2) is 0 Å². The van der Waals surface area contributed by atoms with Crippen molar-refractivity contribution in [1.29, 1.82) is 0 Å². The zero-order chi connectivity index (χ0) is 13.0. The molecular weight excluding hydrogens is 220 g/mol. The molecule has 5 heteroatoms. The molecule has 0 bridgehead atoms. The lowest BCUT2D eigenvalue weighted by atomic mass is 10.4. The standard InChI is InChI=1S/C12H28N2O3/c1-3-4-9-15-12(2,16-10-5-7-13)17-11-6-8-14/h3-11,13-14H2,1-2H3. The Morgan fingerprint density at radius 1 is 0.824 bits per heavy atom. The van der Waals surface area contributed by atoms with Gasteiger partial charge < -0.3 is 25.7 Å². The summed E-state index contributed by atoms with van der Waals surface area (Å²) in [7, 11) is 0. The number of nitrogens with two attached hydrogens (primary N) is 2. The van der Waals surface area contributed by atoms with Gasteiger partial charge in [0.2, 0.25) is 0 Å². The van der Waals surface area contributed by atoms with Crippen molar-refractivity contribution in [3.8, 4) is 0 Å². The van der Waals surface area contributed by atoms with Crippen molar-refractivity contribution in [1.82, 2.24) is 0 Å². The molecule has 0 saturated carbocycles. The van der Waals surface area contributed by atoms with E-state index in [9.17, 15) is 0 Å². The number of ether oxygens (including phenoxy) is 3. The van der Waals surface area contributed by atoms with E-state index in [-0.39, 0.29) is 0 Å².